The Balaban J connectivity index is 2.33. The molecule has 1 N–H and O–H groups in total. The molecule has 2 aromatic rings. The van der Waals surface area contributed by atoms with Gasteiger partial charge in [0.15, 0.2) is 0 Å². The summed E-state index contributed by atoms with van der Waals surface area (Å²) in [4.78, 5) is 8.43. The number of rotatable bonds is 4. The van der Waals surface area contributed by atoms with Gasteiger partial charge in [0, 0.05) is 17.0 Å². The predicted octanol–water partition coefficient (Wildman–Crippen LogP) is 4.73. The Kier molecular flexibility index (Phi) is 4.71. The van der Waals surface area contributed by atoms with Crippen LogP contribution in [0.5, 0.6) is 0 Å². The van der Waals surface area contributed by atoms with Crippen molar-refractivity contribution in [2.75, 3.05) is 5.32 Å². The van der Waals surface area contributed by atoms with Crippen LogP contribution in [0.4, 0.5) is 15.9 Å². The smallest absolute Gasteiger partial charge is 0.147 e. The Morgan fingerprint density at radius 1 is 1.37 bits per heavy atom. The average molecular weight is 345 g/mol. The van der Waals surface area contributed by atoms with E-state index >= 15 is 0 Å². The van der Waals surface area contributed by atoms with E-state index in [4.69, 9.17) is 11.6 Å². The van der Waals surface area contributed by atoms with Gasteiger partial charge in [0.1, 0.15) is 22.6 Å². The maximum atomic E-state index is 13.7. The molecule has 0 radical (unpaired) electrons. The van der Waals surface area contributed by atoms with Crippen molar-refractivity contribution in [1.82, 2.24) is 9.97 Å². The van der Waals surface area contributed by atoms with Crippen molar-refractivity contribution in [3.8, 4) is 0 Å². The van der Waals surface area contributed by atoms with E-state index in [1.807, 2.05) is 6.92 Å². The molecule has 0 aliphatic heterocycles. The van der Waals surface area contributed by atoms with E-state index < -0.39 is 0 Å². The van der Waals surface area contributed by atoms with E-state index in [2.05, 4.69) is 31.2 Å². The zero-order valence-corrected chi connectivity index (χ0v) is 12.6. The normalized spacial score (nSPS) is 10.5. The molecule has 0 unspecified atom stereocenters. The van der Waals surface area contributed by atoms with Gasteiger partial charge in [-0.3, -0.25) is 0 Å². The van der Waals surface area contributed by atoms with Crippen molar-refractivity contribution >= 4 is 39.0 Å². The predicted molar refractivity (Wildman–Crippen MR) is 78.4 cm³/mol. The lowest BCUT2D eigenvalue weighted by Gasteiger charge is -2.10. The molecule has 1 aromatic carbocycles. The lowest BCUT2D eigenvalue weighted by Crippen LogP contribution is -2.02. The molecule has 0 aliphatic carbocycles. The van der Waals surface area contributed by atoms with Crippen LogP contribution in [0.25, 0.3) is 0 Å². The molecule has 3 nitrogen and oxygen atoms in total. The summed E-state index contributed by atoms with van der Waals surface area (Å²) in [5.74, 6) is 0.764. The Morgan fingerprint density at radius 2 is 2.16 bits per heavy atom. The summed E-state index contributed by atoms with van der Waals surface area (Å²) in [6.45, 7) is 2.03. The van der Waals surface area contributed by atoms with Gasteiger partial charge in [0.25, 0.3) is 0 Å². The number of aromatic nitrogens is 2. The maximum Gasteiger partial charge on any atom is 0.147 e. The van der Waals surface area contributed by atoms with Crippen LogP contribution in [-0.4, -0.2) is 9.97 Å². The SMILES string of the molecule is CCCc1nc(Cl)cc(Nc2c(F)cccc2Br)n1. The fraction of sp³-hybridized carbons (Fsp3) is 0.231. The third kappa shape index (κ3) is 3.64. The Labute approximate surface area is 124 Å². The molecule has 0 fully saturated rings. The van der Waals surface area contributed by atoms with Gasteiger partial charge in [-0.05, 0) is 34.5 Å². The van der Waals surface area contributed by atoms with Crippen molar-refractivity contribution in [3.05, 3.63) is 45.5 Å². The molecule has 0 amide bonds. The summed E-state index contributed by atoms with van der Waals surface area (Å²) < 4.78 is 14.3. The number of para-hydroxylation sites is 1. The average Bonchev–Trinajstić information content (AvgIpc) is 2.34. The van der Waals surface area contributed by atoms with Gasteiger partial charge < -0.3 is 5.32 Å². The molecule has 0 atom stereocenters. The van der Waals surface area contributed by atoms with E-state index in [1.54, 1.807) is 18.2 Å². The van der Waals surface area contributed by atoms with Crippen LogP contribution in [0, 0.1) is 5.82 Å². The van der Waals surface area contributed by atoms with Crippen molar-refractivity contribution in [1.29, 1.82) is 0 Å². The summed E-state index contributed by atoms with van der Waals surface area (Å²) in [6, 6.07) is 6.32. The number of halogens is 3. The third-order valence-corrected chi connectivity index (χ3v) is 3.29. The van der Waals surface area contributed by atoms with E-state index in [0.29, 0.717) is 27.0 Å². The molecule has 6 heteroatoms. The molecule has 0 saturated carbocycles. The second-order valence-electron chi connectivity index (χ2n) is 3.96. The summed E-state index contributed by atoms with van der Waals surface area (Å²) in [6.07, 6.45) is 1.65. The highest BCUT2D eigenvalue weighted by atomic mass is 79.9. The monoisotopic (exact) mass is 343 g/mol. The lowest BCUT2D eigenvalue weighted by molar-refractivity contribution is 0.631. The highest BCUT2D eigenvalue weighted by Gasteiger charge is 2.09. The van der Waals surface area contributed by atoms with Crippen LogP contribution in [-0.2, 0) is 6.42 Å². The summed E-state index contributed by atoms with van der Waals surface area (Å²) >= 11 is 9.23. The minimum Gasteiger partial charge on any atom is -0.337 e. The number of anilines is 2. The van der Waals surface area contributed by atoms with E-state index in [-0.39, 0.29) is 5.82 Å². The van der Waals surface area contributed by atoms with Gasteiger partial charge in [-0.1, -0.05) is 24.6 Å². The van der Waals surface area contributed by atoms with Gasteiger partial charge in [0.2, 0.25) is 0 Å². The van der Waals surface area contributed by atoms with Gasteiger partial charge >= 0.3 is 0 Å². The summed E-state index contributed by atoms with van der Waals surface area (Å²) in [5, 5.41) is 3.26. The van der Waals surface area contributed by atoms with E-state index in [1.165, 1.54) is 6.07 Å². The molecule has 100 valence electrons. The van der Waals surface area contributed by atoms with Crippen molar-refractivity contribution in [2.45, 2.75) is 19.8 Å². The first kappa shape index (κ1) is 14.2. The van der Waals surface area contributed by atoms with Crippen molar-refractivity contribution in [3.63, 3.8) is 0 Å². The van der Waals surface area contributed by atoms with Crippen LogP contribution < -0.4 is 5.32 Å². The number of aryl methyl sites for hydroxylation is 1. The molecule has 0 saturated heterocycles. The molecule has 19 heavy (non-hydrogen) atoms. The maximum absolute atomic E-state index is 13.7. The first-order valence-electron chi connectivity index (χ1n) is 5.84. The number of benzene rings is 1. The van der Waals surface area contributed by atoms with Crippen LogP contribution in [0.2, 0.25) is 5.15 Å². The van der Waals surface area contributed by atoms with Crippen molar-refractivity contribution in [2.24, 2.45) is 0 Å². The largest absolute Gasteiger partial charge is 0.337 e. The first-order valence-corrected chi connectivity index (χ1v) is 7.01. The molecule has 0 spiro atoms. The van der Waals surface area contributed by atoms with Crippen LogP contribution >= 0.6 is 27.5 Å². The summed E-state index contributed by atoms with van der Waals surface area (Å²) in [7, 11) is 0. The Morgan fingerprint density at radius 3 is 2.84 bits per heavy atom. The van der Waals surface area contributed by atoms with Gasteiger partial charge in [0.05, 0.1) is 5.69 Å². The van der Waals surface area contributed by atoms with E-state index in [0.717, 1.165) is 12.8 Å². The summed E-state index contributed by atoms with van der Waals surface area (Å²) in [5.41, 5.74) is 0.333. The fourth-order valence-electron chi connectivity index (χ4n) is 1.61. The minimum absolute atomic E-state index is 0.333. The molecule has 0 bridgehead atoms. The Bertz CT molecular complexity index is 572. The molecular formula is C13H12BrClFN3. The molecule has 1 heterocycles. The van der Waals surface area contributed by atoms with Crippen LogP contribution in [0.15, 0.2) is 28.7 Å². The quantitative estimate of drug-likeness (QED) is 0.815. The number of nitrogens with one attached hydrogen (secondary N) is 1. The van der Waals surface area contributed by atoms with Crippen LogP contribution in [0.1, 0.15) is 19.2 Å². The van der Waals surface area contributed by atoms with E-state index in [9.17, 15) is 4.39 Å². The number of hydrogen-bond donors (Lipinski definition) is 1. The highest BCUT2D eigenvalue weighted by molar-refractivity contribution is 9.10. The Hall–Kier alpha value is -1.20. The molecule has 2 rings (SSSR count). The second kappa shape index (κ2) is 6.30. The molecular weight excluding hydrogens is 333 g/mol. The van der Waals surface area contributed by atoms with Crippen molar-refractivity contribution < 1.29 is 4.39 Å². The minimum atomic E-state index is -0.360. The van der Waals surface area contributed by atoms with Gasteiger partial charge in [-0.2, -0.15) is 0 Å². The lowest BCUT2D eigenvalue weighted by atomic mass is 10.3. The highest BCUT2D eigenvalue weighted by Crippen LogP contribution is 2.28. The standard InChI is InChI=1S/C13H12BrClFN3/c1-2-4-11-17-10(15)7-12(18-11)19-13-8(14)5-3-6-9(13)16/h3,5-7H,2,4H2,1H3,(H,17,18,19). The second-order valence-corrected chi connectivity index (χ2v) is 5.21. The number of hydrogen-bond acceptors (Lipinski definition) is 3. The first-order chi connectivity index (χ1) is 9.10. The fourth-order valence-corrected chi connectivity index (χ4v) is 2.25. The van der Waals surface area contributed by atoms with Gasteiger partial charge in [-0.15, -0.1) is 0 Å². The molecule has 1 aromatic heterocycles. The van der Waals surface area contributed by atoms with Crippen LogP contribution in [0.3, 0.4) is 0 Å². The number of nitrogens with zero attached hydrogens (tertiary/aromatic N) is 2. The van der Waals surface area contributed by atoms with Gasteiger partial charge in [-0.25, -0.2) is 14.4 Å². The third-order valence-electron chi connectivity index (χ3n) is 2.43. The molecule has 0 aliphatic rings. The zero-order valence-electron chi connectivity index (χ0n) is 10.3. The topological polar surface area (TPSA) is 37.8 Å². The zero-order chi connectivity index (χ0) is 13.8.